The lowest BCUT2D eigenvalue weighted by molar-refractivity contribution is -0.141. The molecule has 7 nitrogen and oxygen atoms in total. The first-order valence-corrected chi connectivity index (χ1v) is 6.26. The van der Waals surface area contributed by atoms with E-state index in [1.54, 1.807) is 18.7 Å². The predicted octanol–water partition coefficient (Wildman–Crippen LogP) is 1.46. The predicted molar refractivity (Wildman–Crippen MR) is 71.2 cm³/mol. The van der Waals surface area contributed by atoms with Crippen LogP contribution < -0.4 is 4.74 Å². The maximum Gasteiger partial charge on any atom is 0.306 e. The van der Waals surface area contributed by atoms with Gasteiger partial charge in [-0.25, -0.2) is 4.68 Å². The summed E-state index contributed by atoms with van der Waals surface area (Å²) >= 11 is 0. The largest absolute Gasteiger partial charge is 0.496 e. The Morgan fingerprint density at radius 1 is 1.45 bits per heavy atom. The first kappa shape index (κ1) is 14.0. The zero-order chi connectivity index (χ0) is 14.5. The SMILES string of the molecule is COc1ccccc1-c1nnnn1CCC(C)C(=O)O. The third kappa shape index (κ3) is 2.93. The normalized spacial score (nSPS) is 12.1. The maximum absolute atomic E-state index is 10.8. The van der Waals surface area contributed by atoms with Crippen molar-refractivity contribution in [3.8, 4) is 17.1 Å². The lowest BCUT2D eigenvalue weighted by Crippen LogP contribution is -2.14. The van der Waals surface area contributed by atoms with E-state index in [0.29, 0.717) is 24.5 Å². The number of hydrogen-bond donors (Lipinski definition) is 1. The van der Waals surface area contributed by atoms with E-state index in [2.05, 4.69) is 15.5 Å². The molecule has 106 valence electrons. The third-order valence-electron chi connectivity index (χ3n) is 3.08. The highest BCUT2D eigenvalue weighted by atomic mass is 16.5. The van der Waals surface area contributed by atoms with Crippen molar-refractivity contribution in [3.63, 3.8) is 0 Å². The van der Waals surface area contributed by atoms with E-state index in [1.807, 2.05) is 24.3 Å². The summed E-state index contributed by atoms with van der Waals surface area (Å²) in [5.41, 5.74) is 0.781. The summed E-state index contributed by atoms with van der Waals surface area (Å²) in [5.74, 6) is -0.0171. The van der Waals surface area contributed by atoms with Gasteiger partial charge in [-0.3, -0.25) is 4.79 Å². The Balaban J connectivity index is 2.22. The molecule has 0 spiro atoms. The van der Waals surface area contributed by atoms with Crippen LogP contribution >= 0.6 is 0 Å². The van der Waals surface area contributed by atoms with E-state index in [1.165, 1.54) is 0 Å². The Morgan fingerprint density at radius 3 is 2.90 bits per heavy atom. The van der Waals surface area contributed by atoms with Crippen LogP contribution in [0, 0.1) is 5.92 Å². The highest BCUT2D eigenvalue weighted by Gasteiger charge is 2.16. The number of hydrogen-bond acceptors (Lipinski definition) is 5. The van der Waals surface area contributed by atoms with Gasteiger partial charge >= 0.3 is 5.97 Å². The van der Waals surface area contributed by atoms with Crippen molar-refractivity contribution in [2.75, 3.05) is 7.11 Å². The minimum absolute atomic E-state index is 0.438. The first-order valence-electron chi connectivity index (χ1n) is 6.26. The number of rotatable bonds is 6. The summed E-state index contributed by atoms with van der Waals surface area (Å²) in [6.07, 6.45) is 0.461. The molecule has 0 amide bonds. The molecule has 1 unspecified atom stereocenters. The number of aromatic nitrogens is 4. The van der Waals surface area contributed by atoms with Gasteiger partial charge in [0.1, 0.15) is 5.75 Å². The van der Waals surface area contributed by atoms with E-state index in [4.69, 9.17) is 9.84 Å². The number of methoxy groups -OCH3 is 1. The molecule has 2 aromatic rings. The second-order valence-electron chi connectivity index (χ2n) is 4.45. The van der Waals surface area contributed by atoms with Crippen LogP contribution in [0.4, 0.5) is 0 Å². The molecule has 0 radical (unpaired) electrons. The number of tetrazole rings is 1. The van der Waals surface area contributed by atoms with Gasteiger partial charge in [0, 0.05) is 6.54 Å². The second-order valence-corrected chi connectivity index (χ2v) is 4.45. The molecule has 0 fully saturated rings. The van der Waals surface area contributed by atoms with Gasteiger partial charge in [0.25, 0.3) is 0 Å². The van der Waals surface area contributed by atoms with Gasteiger partial charge in [-0.05, 0) is 29.0 Å². The van der Waals surface area contributed by atoms with Crippen molar-refractivity contribution in [2.24, 2.45) is 5.92 Å². The van der Waals surface area contributed by atoms with E-state index in [9.17, 15) is 4.79 Å². The number of carbonyl (C=O) groups is 1. The fourth-order valence-electron chi connectivity index (χ4n) is 1.82. The molecule has 1 aromatic heterocycles. The van der Waals surface area contributed by atoms with Gasteiger partial charge in [-0.2, -0.15) is 0 Å². The molecule has 20 heavy (non-hydrogen) atoms. The van der Waals surface area contributed by atoms with E-state index >= 15 is 0 Å². The van der Waals surface area contributed by atoms with Crippen LogP contribution in [0.2, 0.25) is 0 Å². The zero-order valence-corrected chi connectivity index (χ0v) is 11.4. The fraction of sp³-hybridized carbons (Fsp3) is 0.385. The van der Waals surface area contributed by atoms with E-state index in [0.717, 1.165) is 5.56 Å². The van der Waals surface area contributed by atoms with Gasteiger partial charge in [-0.15, -0.1) is 5.10 Å². The van der Waals surface area contributed by atoms with Crippen molar-refractivity contribution in [2.45, 2.75) is 19.9 Å². The van der Waals surface area contributed by atoms with Crippen molar-refractivity contribution in [1.29, 1.82) is 0 Å². The van der Waals surface area contributed by atoms with Crippen LogP contribution in [0.5, 0.6) is 5.75 Å². The molecule has 0 aliphatic rings. The smallest absolute Gasteiger partial charge is 0.306 e. The first-order chi connectivity index (χ1) is 9.63. The van der Waals surface area contributed by atoms with Gasteiger partial charge in [0.05, 0.1) is 18.6 Å². The summed E-state index contributed by atoms with van der Waals surface area (Å²) in [6.45, 7) is 2.10. The summed E-state index contributed by atoms with van der Waals surface area (Å²) in [4.78, 5) is 10.8. The summed E-state index contributed by atoms with van der Waals surface area (Å²) in [5, 5.41) is 20.5. The number of carboxylic acid groups (broad SMARTS) is 1. The number of para-hydroxylation sites is 1. The van der Waals surface area contributed by atoms with Crippen LogP contribution in [-0.4, -0.2) is 38.4 Å². The average molecular weight is 276 g/mol. The minimum atomic E-state index is -0.822. The molecule has 0 aliphatic heterocycles. The maximum atomic E-state index is 10.8. The van der Waals surface area contributed by atoms with Gasteiger partial charge in [0.2, 0.25) is 0 Å². The molecule has 1 atom stereocenters. The molecule has 1 N–H and O–H groups in total. The van der Waals surface area contributed by atoms with Crippen LogP contribution in [0.3, 0.4) is 0 Å². The number of aryl methyl sites for hydroxylation is 1. The molecule has 0 aliphatic carbocycles. The lowest BCUT2D eigenvalue weighted by Gasteiger charge is -2.09. The number of benzene rings is 1. The van der Waals surface area contributed by atoms with Crippen molar-refractivity contribution < 1.29 is 14.6 Å². The third-order valence-corrected chi connectivity index (χ3v) is 3.08. The van der Waals surface area contributed by atoms with E-state index < -0.39 is 11.9 Å². The number of ether oxygens (including phenoxy) is 1. The highest BCUT2D eigenvalue weighted by Crippen LogP contribution is 2.27. The summed E-state index contributed by atoms with van der Waals surface area (Å²) < 4.78 is 6.88. The number of nitrogens with zero attached hydrogens (tertiary/aromatic N) is 4. The molecule has 0 saturated carbocycles. The Kier molecular flexibility index (Phi) is 4.29. The zero-order valence-electron chi connectivity index (χ0n) is 11.4. The summed E-state index contributed by atoms with van der Waals surface area (Å²) in [7, 11) is 1.58. The molecule has 1 aromatic carbocycles. The Hall–Kier alpha value is -2.44. The molecule has 0 bridgehead atoms. The number of carboxylic acids is 1. The Labute approximate surface area is 116 Å². The van der Waals surface area contributed by atoms with Crippen molar-refractivity contribution >= 4 is 5.97 Å². The number of aliphatic carboxylic acids is 1. The van der Waals surface area contributed by atoms with Crippen LogP contribution in [0.25, 0.3) is 11.4 Å². The van der Waals surface area contributed by atoms with Gasteiger partial charge in [-0.1, -0.05) is 19.1 Å². The molecule has 2 rings (SSSR count). The topological polar surface area (TPSA) is 90.1 Å². The Morgan fingerprint density at radius 2 is 2.20 bits per heavy atom. The quantitative estimate of drug-likeness (QED) is 0.859. The Bertz CT molecular complexity index is 597. The monoisotopic (exact) mass is 276 g/mol. The average Bonchev–Trinajstić information content (AvgIpc) is 2.92. The molecule has 1 heterocycles. The van der Waals surface area contributed by atoms with Crippen molar-refractivity contribution in [3.05, 3.63) is 24.3 Å². The molecular weight excluding hydrogens is 260 g/mol. The fourth-order valence-corrected chi connectivity index (χ4v) is 1.82. The van der Waals surface area contributed by atoms with Crippen LogP contribution in [-0.2, 0) is 11.3 Å². The molecular formula is C13H16N4O3. The summed E-state index contributed by atoms with van der Waals surface area (Å²) in [6, 6.07) is 7.43. The van der Waals surface area contributed by atoms with Crippen LogP contribution in [0.1, 0.15) is 13.3 Å². The standard InChI is InChI=1S/C13H16N4O3/c1-9(13(18)19)7-8-17-12(14-15-16-17)10-5-3-4-6-11(10)20-2/h3-6,9H,7-8H2,1-2H3,(H,18,19). The van der Waals surface area contributed by atoms with Crippen molar-refractivity contribution in [1.82, 2.24) is 20.2 Å². The van der Waals surface area contributed by atoms with E-state index in [-0.39, 0.29) is 0 Å². The van der Waals surface area contributed by atoms with Crippen LogP contribution in [0.15, 0.2) is 24.3 Å². The molecule has 0 saturated heterocycles. The molecule has 7 heteroatoms. The highest BCUT2D eigenvalue weighted by molar-refractivity contribution is 5.69. The van der Waals surface area contributed by atoms with Gasteiger partial charge < -0.3 is 9.84 Å². The second kappa shape index (κ2) is 6.14. The minimum Gasteiger partial charge on any atom is -0.496 e. The van der Waals surface area contributed by atoms with Gasteiger partial charge in [0.15, 0.2) is 5.82 Å². The lowest BCUT2D eigenvalue weighted by atomic mass is 10.1.